The largest absolute Gasteiger partial charge is 0.508 e. The summed E-state index contributed by atoms with van der Waals surface area (Å²) in [6, 6.07) is 8.22. The third-order valence-electron chi connectivity index (χ3n) is 2.13. The Bertz CT molecular complexity index is 492. The van der Waals surface area contributed by atoms with Crippen LogP contribution in [0.1, 0.15) is 15.9 Å². The van der Waals surface area contributed by atoms with Gasteiger partial charge in [0.2, 0.25) is 0 Å². The van der Waals surface area contributed by atoms with Crippen molar-refractivity contribution in [1.29, 1.82) is 0 Å². The number of hydrogen-bond acceptors (Lipinski definition) is 3. The van der Waals surface area contributed by atoms with Gasteiger partial charge in [0.25, 0.3) is 0 Å². The van der Waals surface area contributed by atoms with E-state index in [1.54, 1.807) is 36.4 Å². The maximum Gasteiger partial charge on any atom is 0.189 e. The number of carbonyl (C=O) groups excluding carboxylic acids is 1. The van der Waals surface area contributed by atoms with Crippen LogP contribution in [0, 0.1) is 0 Å². The van der Waals surface area contributed by atoms with Gasteiger partial charge >= 0.3 is 0 Å². The molecule has 0 fully saturated rings. The molecule has 0 aliphatic rings. The Labute approximate surface area is 92.6 Å². The van der Waals surface area contributed by atoms with E-state index in [2.05, 4.69) is 0 Å². The molecule has 3 nitrogen and oxygen atoms in total. The molecule has 3 heteroatoms. The van der Waals surface area contributed by atoms with Crippen molar-refractivity contribution in [3.63, 3.8) is 0 Å². The number of carbonyl (C=O) groups is 1. The zero-order valence-corrected chi connectivity index (χ0v) is 8.46. The lowest BCUT2D eigenvalue weighted by molar-refractivity contribution is 0.104. The highest BCUT2D eigenvalue weighted by molar-refractivity contribution is 6.06. The molecule has 0 aliphatic carbocycles. The second-order valence-corrected chi connectivity index (χ2v) is 3.30. The highest BCUT2D eigenvalue weighted by atomic mass is 16.3. The Morgan fingerprint density at radius 3 is 2.56 bits per heavy atom. The summed E-state index contributed by atoms with van der Waals surface area (Å²) >= 11 is 0. The Morgan fingerprint density at radius 1 is 1.19 bits per heavy atom. The molecule has 0 amide bonds. The van der Waals surface area contributed by atoms with Crippen molar-refractivity contribution in [1.82, 2.24) is 0 Å². The first-order chi connectivity index (χ1) is 7.75. The maximum absolute atomic E-state index is 11.5. The number of rotatable bonds is 3. The molecule has 0 atom stereocenters. The second-order valence-electron chi connectivity index (χ2n) is 3.30. The standard InChI is InChI=1S/C13H10O3/c14-12-4-1-10(2-5-12)3-6-13(15)11-7-8-16-9-11/h1-9,14H/b6-3+. The molecule has 16 heavy (non-hydrogen) atoms. The van der Waals surface area contributed by atoms with Gasteiger partial charge < -0.3 is 9.52 Å². The molecule has 1 N–H and O–H groups in total. The van der Waals surface area contributed by atoms with Crippen LogP contribution in [0.3, 0.4) is 0 Å². The van der Waals surface area contributed by atoms with Gasteiger partial charge in [-0.2, -0.15) is 0 Å². The minimum Gasteiger partial charge on any atom is -0.508 e. The van der Waals surface area contributed by atoms with Gasteiger partial charge in [0.15, 0.2) is 5.78 Å². The molecule has 1 heterocycles. The predicted molar refractivity (Wildman–Crippen MR) is 60.2 cm³/mol. The molecule has 2 rings (SSSR count). The van der Waals surface area contributed by atoms with Gasteiger partial charge in [-0.05, 0) is 29.8 Å². The molecule has 80 valence electrons. The number of allylic oxidation sites excluding steroid dienone is 1. The molecule has 0 saturated carbocycles. The average molecular weight is 214 g/mol. The summed E-state index contributed by atoms with van der Waals surface area (Å²) in [7, 11) is 0. The van der Waals surface area contributed by atoms with E-state index in [1.807, 2.05) is 0 Å². The van der Waals surface area contributed by atoms with E-state index in [4.69, 9.17) is 9.52 Å². The van der Waals surface area contributed by atoms with Crippen molar-refractivity contribution in [2.75, 3.05) is 0 Å². The fourth-order valence-corrected chi connectivity index (χ4v) is 1.26. The van der Waals surface area contributed by atoms with E-state index < -0.39 is 0 Å². The van der Waals surface area contributed by atoms with Gasteiger partial charge in [-0.25, -0.2) is 0 Å². The third kappa shape index (κ3) is 2.39. The number of phenolic OH excluding ortho intramolecular Hbond substituents is 1. The number of furan rings is 1. The van der Waals surface area contributed by atoms with Crippen LogP contribution in [0.4, 0.5) is 0 Å². The maximum atomic E-state index is 11.5. The van der Waals surface area contributed by atoms with Gasteiger partial charge in [0.1, 0.15) is 12.0 Å². The smallest absolute Gasteiger partial charge is 0.189 e. The normalized spacial score (nSPS) is 10.8. The lowest BCUT2D eigenvalue weighted by atomic mass is 10.1. The molecule has 0 saturated heterocycles. The van der Waals surface area contributed by atoms with Crippen molar-refractivity contribution >= 4 is 11.9 Å². The number of phenols is 1. The summed E-state index contributed by atoms with van der Waals surface area (Å²) in [5, 5.41) is 9.08. The van der Waals surface area contributed by atoms with Crippen LogP contribution < -0.4 is 0 Å². The lowest BCUT2D eigenvalue weighted by Crippen LogP contribution is -1.89. The molecule has 0 unspecified atom stereocenters. The first-order valence-corrected chi connectivity index (χ1v) is 4.79. The van der Waals surface area contributed by atoms with Crippen LogP contribution in [0.15, 0.2) is 53.4 Å². The van der Waals surface area contributed by atoms with E-state index in [-0.39, 0.29) is 11.5 Å². The number of aromatic hydroxyl groups is 1. The van der Waals surface area contributed by atoms with E-state index >= 15 is 0 Å². The summed E-state index contributed by atoms with van der Waals surface area (Å²) in [6.45, 7) is 0. The van der Waals surface area contributed by atoms with Crippen LogP contribution in [0.25, 0.3) is 6.08 Å². The first-order valence-electron chi connectivity index (χ1n) is 4.79. The summed E-state index contributed by atoms with van der Waals surface area (Å²) in [6.07, 6.45) is 6.02. The SMILES string of the molecule is O=C(/C=C/c1ccc(O)cc1)c1ccoc1. The molecule has 2 aromatic rings. The number of benzene rings is 1. The van der Waals surface area contributed by atoms with E-state index in [1.165, 1.54) is 18.6 Å². The molecule has 0 aliphatic heterocycles. The van der Waals surface area contributed by atoms with Gasteiger partial charge in [0, 0.05) is 0 Å². The summed E-state index contributed by atoms with van der Waals surface area (Å²) in [5.41, 5.74) is 1.38. The zero-order chi connectivity index (χ0) is 11.4. The van der Waals surface area contributed by atoms with Crippen molar-refractivity contribution in [3.8, 4) is 5.75 Å². The Morgan fingerprint density at radius 2 is 1.94 bits per heavy atom. The van der Waals surface area contributed by atoms with Gasteiger partial charge in [0.05, 0.1) is 11.8 Å². The van der Waals surface area contributed by atoms with Gasteiger partial charge in [-0.3, -0.25) is 4.79 Å². The molecule has 0 radical (unpaired) electrons. The van der Waals surface area contributed by atoms with Crippen molar-refractivity contribution < 1.29 is 14.3 Å². The van der Waals surface area contributed by atoms with Gasteiger partial charge in [-0.1, -0.05) is 18.2 Å². The van der Waals surface area contributed by atoms with Crippen LogP contribution in [0.2, 0.25) is 0 Å². The summed E-state index contributed by atoms with van der Waals surface area (Å²) in [5.74, 6) is 0.0973. The first kappa shape index (κ1) is 10.2. The molecule has 1 aromatic carbocycles. The zero-order valence-electron chi connectivity index (χ0n) is 8.46. The Hall–Kier alpha value is -2.29. The molecule has 0 spiro atoms. The molecule has 0 bridgehead atoms. The summed E-state index contributed by atoms with van der Waals surface area (Å²) < 4.78 is 4.82. The van der Waals surface area contributed by atoms with Gasteiger partial charge in [-0.15, -0.1) is 0 Å². The van der Waals surface area contributed by atoms with Crippen molar-refractivity contribution in [2.24, 2.45) is 0 Å². The van der Waals surface area contributed by atoms with E-state index in [0.717, 1.165) is 5.56 Å². The van der Waals surface area contributed by atoms with Crippen LogP contribution in [-0.2, 0) is 0 Å². The minimum absolute atomic E-state index is 0.109. The second kappa shape index (κ2) is 4.49. The molecular formula is C13H10O3. The molecule has 1 aromatic heterocycles. The fraction of sp³-hybridized carbons (Fsp3) is 0. The van der Waals surface area contributed by atoms with Crippen LogP contribution in [-0.4, -0.2) is 10.9 Å². The number of hydrogen-bond donors (Lipinski definition) is 1. The Balaban J connectivity index is 2.10. The predicted octanol–water partition coefficient (Wildman–Crippen LogP) is 2.88. The molecular weight excluding hydrogens is 204 g/mol. The quantitative estimate of drug-likeness (QED) is 0.631. The van der Waals surface area contributed by atoms with Crippen molar-refractivity contribution in [3.05, 3.63) is 60.1 Å². The third-order valence-corrected chi connectivity index (χ3v) is 2.13. The fourth-order valence-electron chi connectivity index (χ4n) is 1.26. The van der Waals surface area contributed by atoms with E-state index in [0.29, 0.717) is 5.56 Å². The highest BCUT2D eigenvalue weighted by Gasteiger charge is 2.01. The monoisotopic (exact) mass is 214 g/mol. The van der Waals surface area contributed by atoms with Crippen molar-refractivity contribution in [2.45, 2.75) is 0 Å². The average Bonchev–Trinajstić information content (AvgIpc) is 2.81. The topological polar surface area (TPSA) is 50.4 Å². The Kier molecular flexibility index (Phi) is 2.87. The van der Waals surface area contributed by atoms with E-state index in [9.17, 15) is 4.79 Å². The number of ketones is 1. The minimum atomic E-state index is -0.109. The van der Waals surface area contributed by atoms with Crippen LogP contribution in [0.5, 0.6) is 5.75 Å². The summed E-state index contributed by atoms with van der Waals surface area (Å²) in [4.78, 5) is 11.5. The highest BCUT2D eigenvalue weighted by Crippen LogP contribution is 2.11. The lowest BCUT2D eigenvalue weighted by Gasteiger charge is -1.93. The van der Waals surface area contributed by atoms with Crippen LogP contribution >= 0.6 is 0 Å².